The summed E-state index contributed by atoms with van der Waals surface area (Å²) in [7, 11) is 0. The number of piperazine rings is 1. The van der Waals surface area contributed by atoms with E-state index < -0.39 is 17.0 Å². The Hall–Kier alpha value is -1.57. The Kier molecular flexibility index (Phi) is 4.98. The topological polar surface area (TPSA) is 73.3 Å². The maximum absolute atomic E-state index is 12.4. The van der Waals surface area contributed by atoms with E-state index in [2.05, 4.69) is 11.8 Å². The van der Waals surface area contributed by atoms with Crippen molar-refractivity contribution in [3.05, 3.63) is 0 Å². The number of ether oxygens (including phenoxy) is 1. The first-order valence-corrected chi connectivity index (χ1v) is 8.94. The van der Waals surface area contributed by atoms with Gasteiger partial charge in [-0.05, 0) is 53.8 Å². The molecule has 2 aliphatic heterocycles. The molecule has 0 spiro atoms. The van der Waals surface area contributed by atoms with E-state index >= 15 is 0 Å². The number of hydrogen-bond acceptors (Lipinski definition) is 4. The molecule has 1 atom stereocenters. The third kappa shape index (κ3) is 4.16. The van der Waals surface area contributed by atoms with E-state index in [4.69, 9.17) is 17.0 Å². The van der Waals surface area contributed by atoms with Crippen molar-refractivity contribution in [2.45, 2.75) is 52.7 Å². The molecule has 0 aromatic carbocycles. The fraction of sp³-hybridized carbons (Fsp3) is 0.824. The van der Waals surface area contributed by atoms with Gasteiger partial charge in [0.15, 0.2) is 5.11 Å². The maximum atomic E-state index is 12.4. The van der Waals surface area contributed by atoms with Crippen LogP contribution in [0.5, 0.6) is 0 Å². The molecule has 7 nitrogen and oxygen atoms in total. The summed E-state index contributed by atoms with van der Waals surface area (Å²) in [6.45, 7) is 13.6. The number of carbonyl (C=O) groups is 2. The van der Waals surface area contributed by atoms with E-state index in [1.165, 1.54) is 0 Å². The number of hydrogen-bond donors (Lipinski definition) is 1. The van der Waals surface area contributed by atoms with Crippen molar-refractivity contribution < 1.29 is 19.4 Å². The molecule has 0 unspecified atom stereocenters. The largest absolute Gasteiger partial charge is 0.481 e. The molecule has 0 aliphatic carbocycles. The number of nitrogens with zero attached hydrogens (tertiary/aromatic N) is 3. The minimum absolute atomic E-state index is 0.316. The Balaban J connectivity index is 2.10. The number of carbonyl (C=O) groups excluding carboxylic acids is 1. The zero-order chi connectivity index (χ0) is 19.2. The molecule has 2 rings (SSSR count). The van der Waals surface area contributed by atoms with E-state index in [9.17, 15) is 14.7 Å². The standard InChI is InChI=1S/C17H29N3O4S/c1-15(2,3)24-14(23)18-7-8-20-13(25)19(11-17(20,6)10-18)9-16(4,5)12(21)22/h7-11H2,1-6H3,(H,21,22)/t17-/m1/s1. The van der Waals surface area contributed by atoms with Crippen LogP contribution in [0.25, 0.3) is 0 Å². The van der Waals surface area contributed by atoms with Gasteiger partial charge in [0.05, 0.1) is 11.0 Å². The fourth-order valence-electron chi connectivity index (χ4n) is 3.33. The lowest BCUT2D eigenvalue weighted by Crippen LogP contribution is -2.61. The summed E-state index contributed by atoms with van der Waals surface area (Å²) < 4.78 is 5.48. The molecule has 0 aromatic rings. The lowest BCUT2D eigenvalue weighted by molar-refractivity contribution is -0.147. The van der Waals surface area contributed by atoms with Crippen LogP contribution in [-0.2, 0) is 9.53 Å². The SMILES string of the molecule is CC(C)(C)OC(=O)N1CCN2C(=S)N(CC(C)(C)C(=O)O)C[C@@]2(C)C1. The number of thiocarbonyl (C=S) groups is 1. The van der Waals surface area contributed by atoms with Crippen LogP contribution in [0.1, 0.15) is 41.5 Å². The summed E-state index contributed by atoms with van der Waals surface area (Å²) in [4.78, 5) is 29.6. The fourth-order valence-corrected chi connectivity index (χ4v) is 3.77. The van der Waals surface area contributed by atoms with Gasteiger partial charge in [-0.3, -0.25) is 4.79 Å². The van der Waals surface area contributed by atoms with E-state index in [-0.39, 0.29) is 11.6 Å². The highest BCUT2D eigenvalue weighted by molar-refractivity contribution is 7.80. The van der Waals surface area contributed by atoms with Crippen molar-refractivity contribution in [2.75, 3.05) is 32.7 Å². The van der Waals surface area contributed by atoms with Crippen molar-refractivity contribution in [3.63, 3.8) is 0 Å². The number of fused-ring (bicyclic) bond motifs is 1. The average molecular weight is 372 g/mol. The second-order valence-corrected chi connectivity index (χ2v) is 9.24. The molecule has 0 saturated carbocycles. The van der Waals surface area contributed by atoms with Crippen molar-refractivity contribution in [2.24, 2.45) is 5.41 Å². The van der Waals surface area contributed by atoms with Crippen LogP contribution in [0.15, 0.2) is 0 Å². The molecule has 142 valence electrons. The van der Waals surface area contributed by atoms with Gasteiger partial charge in [-0.15, -0.1) is 0 Å². The third-order valence-corrected chi connectivity index (χ3v) is 5.10. The lowest BCUT2D eigenvalue weighted by atomic mass is 9.92. The zero-order valence-corrected chi connectivity index (χ0v) is 16.8. The second-order valence-electron chi connectivity index (χ2n) is 8.88. The summed E-state index contributed by atoms with van der Waals surface area (Å²) in [5.74, 6) is -0.847. The molecule has 2 aliphatic rings. The molecule has 1 amide bonds. The highest BCUT2D eigenvalue weighted by Gasteiger charge is 2.50. The van der Waals surface area contributed by atoms with Crippen LogP contribution in [0.3, 0.4) is 0 Å². The van der Waals surface area contributed by atoms with Gasteiger partial charge in [0.25, 0.3) is 0 Å². The highest BCUT2D eigenvalue weighted by atomic mass is 32.1. The van der Waals surface area contributed by atoms with Crippen molar-refractivity contribution >= 4 is 29.4 Å². The van der Waals surface area contributed by atoms with Crippen LogP contribution < -0.4 is 0 Å². The van der Waals surface area contributed by atoms with Gasteiger partial charge >= 0.3 is 12.1 Å². The van der Waals surface area contributed by atoms with Gasteiger partial charge in [-0.2, -0.15) is 0 Å². The van der Waals surface area contributed by atoms with E-state index in [1.807, 2.05) is 25.7 Å². The molecule has 0 radical (unpaired) electrons. The van der Waals surface area contributed by atoms with Gasteiger partial charge in [-0.25, -0.2) is 4.79 Å². The molecule has 0 bridgehead atoms. The highest BCUT2D eigenvalue weighted by Crippen LogP contribution is 2.33. The molecule has 2 heterocycles. The quantitative estimate of drug-likeness (QED) is 0.761. The summed E-state index contributed by atoms with van der Waals surface area (Å²) in [5, 5.41) is 10.0. The normalized spacial score (nSPS) is 24.4. The average Bonchev–Trinajstić information content (AvgIpc) is 2.66. The molecule has 25 heavy (non-hydrogen) atoms. The van der Waals surface area contributed by atoms with E-state index in [1.54, 1.807) is 18.7 Å². The predicted molar refractivity (Wildman–Crippen MR) is 98.5 cm³/mol. The zero-order valence-electron chi connectivity index (χ0n) is 16.0. The van der Waals surface area contributed by atoms with Crippen molar-refractivity contribution in [3.8, 4) is 0 Å². The first-order valence-electron chi connectivity index (χ1n) is 8.53. The minimum atomic E-state index is -0.889. The molecule has 8 heteroatoms. The minimum Gasteiger partial charge on any atom is -0.481 e. The summed E-state index contributed by atoms with van der Waals surface area (Å²) in [5.41, 5.74) is -1.75. The number of amides is 1. The monoisotopic (exact) mass is 371 g/mol. The van der Waals surface area contributed by atoms with Crippen LogP contribution >= 0.6 is 12.2 Å². The van der Waals surface area contributed by atoms with Gasteiger partial charge in [0.1, 0.15) is 5.60 Å². The van der Waals surface area contributed by atoms with Crippen molar-refractivity contribution in [1.29, 1.82) is 0 Å². The van der Waals surface area contributed by atoms with Gasteiger partial charge in [-0.1, -0.05) is 0 Å². The molecule has 2 saturated heterocycles. The Morgan fingerprint density at radius 3 is 2.32 bits per heavy atom. The van der Waals surface area contributed by atoms with Crippen LogP contribution in [0.2, 0.25) is 0 Å². The Morgan fingerprint density at radius 1 is 1.20 bits per heavy atom. The van der Waals surface area contributed by atoms with Crippen LogP contribution in [0.4, 0.5) is 4.79 Å². The predicted octanol–water partition coefficient (Wildman–Crippen LogP) is 2.01. The second kappa shape index (κ2) is 6.30. The van der Waals surface area contributed by atoms with Gasteiger partial charge in [0, 0.05) is 32.7 Å². The Labute approximate surface area is 154 Å². The summed E-state index contributed by atoms with van der Waals surface area (Å²) in [6.07, 6.45) is -0.316. The number of aliphatic carboxylic acids is 1. The molecular formula is C17H29N3O4S. The third-order valence-electron chi connectivity index (χ3n) is 4.63. The van der Waals surface area contributed by atoms with Gasteiger partial charge in [0.2, 0.25) is 0 Å². The smallest absolute Gasteiger partial charge is 0.410 e. The first kappa shape index (κ1) is 19.8. The lowest BCUT2D eigenvalue weighted by Gasteiger charge is -2.44. The van der Waals surface area contributed by atoms with Crippen molar-refractivity contribution in [1.82, 2.24) is 14.7 Å². The number of carboxylic acids is 1. The molecule has 1 N–H and O–H groups in total. The first-order chi connectivity index (χ1) is 11.3. The Morgan fingerprint density at radius 2 is 1.80 bits per heavy atom. The summed E-state index contributed by atoms with van der Waals surface area (Å²) in [6, 6.07) is 0. The van der Waals surface area contributed by atoms with Gasteiger partial charge < -0.3 is 24.5 Å². The molecular weight excluding hydrogens is 342 g/mol. The number of carboxylic acid groups (broad SMARTS) is 1. The van der Waals surface area contributed by atoms with Crippen LogP contribution in [0, 0.1) is 5.41 Å². The van der Waals surface area contributed by atoms with Crippen LogP contribution in [-0.4, -0.2) is 80.8 Å². The van der Waals surface area contributed by atoms with E-state index in [0.29, 0.717) is 37.8 Å². The summed E-state index contributed by atoms with van der Waals surface area (Å²) >= 11 is 5.58. The molecule has 2 fully saturated rings. The maximum Gasteiger partial charge on any atom is 0.410 e. The number of rotatable bonds is 3. The van der Waals surface area contributed by atoms with E-state index in [0.717, 1.165) is 0 Å². The Bertz CT molecular complexity index is 587. The molecule has 0 aromatic heterocycles.